The van der Waals surface area contributed by atoms with E-state index in [4.69, 9.17) is 12.8 Å². The predicted molar refractivity (Wildman–Crippen MR) is 36.7 cm³/mol. The van der Waals surface area contributed by atoms with E-state index in [0.29, 0.717) is 10.7 Å². The molecule has 1 N–H and O–H groups in total. The van der Waals surface area contributed by atoms with Gasteiger partial charge in [-0.3, -0.25) is 0 Å². The van der Waals surface area contributed by atoms with Gasteiger partial charge in [-0.1, -0.05) is 0 Å². The van der Waals surface area contributed by atoms with Crippen LogP contribution in [0.4, 0.5) is 0 Å². The Morgan fingerprint density at radius 3 is 2.89 bits per heavy atom. The molecule has 0 aliphatic carbocycles. The molecule has 2 nitrogen and oxygen atoms in total. The van der Waals surface area contributed by atoms with Crippen molar-refractivity contribution < 1.29 is 9.10 Å². The molecule has 1 aliphatic heterocycles. The summed E-state index contributed by atoms with van der Waals surface area (Å²) in [7, 11) is 0. The van der Waals surface area contributed by atoms with E-state index < -0.39 is 0 Å². The molecular formula is C6H11NOS. The van der Waals surface area contributed by atoms with Gasteiger partial charge in [0, 0.05) is 0 Å². The maximum absolute atomic E-state index is 10.9. The molecular weight excluding hydrogens is 134 g/mol. The third kappa shape index (κ3) is 1.99. The smallest absolute Gasteiger partial charge is 0.294 e. The van der Waals surface area contributed by atoms with Gasteiger partial charge in [-0.25, -0.2) is 4.79 Å². The monoisotopic (exact) mass is 145 g/mol. The summed E-state index contributed by atoms with van der Waals surface area (Å²) in [6.07, 6.45) is 4.02. The van der Waals surface area contributed by atoms with Crippen LogP contribution in [0.15, 0.2) is 0 Å². The molecule has 1 atom stereocenters. The van der Waals surface area contributed by atoms with Crippen LogP contribution in [0.5, 0.6) is 0 Å². The Morgan fingerprint density at radius 2 is 2.11 bits per heavy atom. The number of hydrogen-bond acceptors (Lipinski definition) is 2. The van der Waals surface area contributed by atoms with Crippen molar-refractivity contribution in [3.05, 3.63) is 0 Å². The Kier molecular flexibility index (Phi) is 2.54. The average molecular weight is 145 g/mol. The molecule has 52 valence electrons. The van der Waals surface area contributed by atoms with Crippen LogP contribution in [-0.4, -0.2) is 12.5 Å². The average Bonchev–Trinajstić information content (AvgIpc) is 1.99. The number of carbonyl (C=O) groups is 1. The van der Waals surface area contributed by atoms with Crippen LogP contribution >= 0.6 is 0 Å². The summed E-state index contributed by atoms with van der Waals surface area (Å²) in [5.74, 6) is 0.211. The molecule has 0 bridgehead atoms. The van der Waals surface area contributed by atoms with Gasteiger partial charge < -0.3 is 17.1 Å². The lowest BCUT2D eigenvalue weighted by Gasteiger charge is -2.17. The molecule has 1 amide bonds. The van der Waals surface area contributed by atoms with Crippen molar-refractivity contribution in [3.63, 3.8) is 0 Å². The highest BCUT2D eigenvalue weighted by atomic mass is 32.1. The van der Waals surface area contributed by atoms with Crippen LogP contribution in [0.25, 0.3) is 0 Å². The van der Waals surface area contributed by atoms with Crippen molar-refractivity contribution in [1.29, 1.82) is 0 Å². The summed E-state index contributed by atoms with van der Waals surface area (Å²) in [5, 5.41) is 0. The van der Waals surface area contributed by atoms with E-state index in [1.807, 2.05) is 0 Å². The molecule has 1 heterocycles. The highest BCUT2D eigenvalue weighted by Crippen LogP contribution is 1.99. The van der Waals surface area contributed by atoms with Gasteiger partial charge in [0.25, 0.3) is 5.91 Å². The Hall–Kier alpha value is -0.0200. The summed E-state index contributed by atoms with van der Waals surface area (Å²) in [6, 6.07) is 0. The van der Waals surface area contributed by atoms with Gasteiger partial charge in [0.15, 0.2) is 0 Å². The first-order valence-corrected chi connectivity index (χ1v) is 3.77. The standard InChI is InChI=1S/C6H11NOS/c8-6-4-2-1-3-5-7(6)9/h7H,1-5H2. The maximum atomic E-state index is 10.9. The number of quaternary nitrogens is 1. The van der Waals surface area contributed by atoms with E-state index >= 15 is 0 Å². The van der Waals surface area contributed by atoms with Crippen LogP contribution in [0.1, 0.15) is 25.7 Å². The molecule has 3 heteroatoms. The van der Waals surface area contributed by atoms with Crippen LogP contribution < -0.4 is 4.31 Å². The fourth-order valence-corrected chi connectivity index (χ4v) is 1.27. The van der Waals surface area contributed by atoms with E-state index in [2.05, 4.69) is 0 Å². The number of amides is 1. The maximum Gasteiger partial charge on any atom is 0.294 e. The molecule has 0 radical (unpaired) electrons. The van der Waals surface area contributed by atoms with Crippen molar-refractivity contribution in [2.75, 3.05) is 6.54 Å². The van der Waals surface area contributed by atoms with E-state index in [1.54, 1.807) is 0 Å². The molecule has 1 rings (SSSR count). The van der Waals surface area contributed by atoms with E-state index in [0.717, 1.165) is 19.4 Å². The molecule has 1 aliphatic rings. The Labute approximate surface area is 60.8 Å². The van der Waals surface area contributed by atoms with Crippen molar-refractivity contribution in [2.45, 2.75) is 25.7 Å². The van der Waals surface area contributed by atoms with E-state index in [1.165, 1.54) is 6.42 Å². The third-order valence-corrected chi connectivity index (χ3v) is 2.05. The summed E-state index contributed by atoms with van der Waals surface area (Å²) in [5.41, 5.74) is 0. The molecule has 1 saturated heterocycles. The second-order valence-corrected chi connectivity index (χ2v) is 2.90. The van der Waals surface area contributed by atoms with Crippen LogP contribution in [0.3, 0.4) is 0 Å². The fourth-order valence-electron chi connectivity index (χ4n) is 1.03. The molecule has 0 aromatic carbocycles. The van der Waals surface area contributed by atoms with E-state index in [9.17, 15) is 4.79 Å². The number of rotatable bonds is 0. The minimum absolute atomic E-state index is 0.211. The molecule has 1 unspecified atom stereocenters. The van der Waals surface area contributed by atoms with Crippen molar-refractivity contribution >= 4 is 18.7 Å². The zero-order chi connectivity index (χ0) is 6.69. The summed E-state index contributed by atoms with van der Waals surface area (Å²) < 4.78 is 0.674. The second kappa shape index (κ2) is 3.22. The lowest BCUT2D eigenvalue weighted by molar-refractivity contribution is -0.667. The fraction of sp³-hybridized carbons (Fsp3) is 0.833. The summed E-state index contributed by atoms with van der Waals surface area (Å²) >= 11 is 4.87. The Morgan fingerprint density at radius 1 is 1.33 bits per heavy atom. The van der Waals surface area contributed by atoms with Gasteiger partial charge in [0.1, 0.15) is 0 Å². The lowest BCUT2D eigenvalue weighted by atomic mass is 10.2. The van der Waals surface area contributed by atoms with Gasteiger partial charge in [-0.05, 0) is 19.3 Å². The van der Waals surface area contributed by atoms with Crippen molar-refractivity contribution in [1.82, 2.24) is 0 Å². The summed E-state index contributed by atoms with van der Waals surface area (Å²) in [4.78, 5) is 10.9. The van der Waals surface area contributed by atoms with Crippen LogP contribution in [-0.2, 0) is 17.6 Å². The molecule has 0 aromatic rings. The topological polar surface area (TPSA) is 21.5 Å². The Balaban J connectivity index is 2.41. The first-order chi connectivity index (χ1) is 4.30. The quantitative estimate of drug-likeness (QED) is 0.461. The van der Waals surface area contributed by atoms with E-state index in [-0.39, 0.29) is 5.91 Å². The zero-order valence-corrected chi connectivity index (χ0v) is 6.17. The molecule has 0 aromatic heterocycles. The van der Waals surface area contributed by atoms with Crippen LogP contribution in [0.2, 0.25) is 0 Å². The van der Waals surface area contributed by atoms with Crippen molar-refractivity contribution in [3.8, 4) is 0 Å². The lowest BCUT2D eigenvalue weighted by Crippen LogP contribution is -3.10. The highest BCUT2D eigenvalue weighted by Gasteiger charge is 2.11. The summed E-state index contributed by atoms with van der Waals surface area (Å²) in [6.45, 7) is 0.855. The minimum atomic E-state index is 0.211. The number of hydrogen-bond donors (Lipinski definition) is 1. The largest absolute Gasteiger partial charge is 0.487 e. The Bertz CT molecular complexity index is 116. The van der Waals surface area contributed by atoms with Gasteiger partial charge in [-0.2, -0.15) is 0 Å². The van der Waals surface area contributed by atoms with Crippen LogP contribution in [0, 0.1) is 0 Å². The second-order valence-electron chi connectivity index (χ2n) is 2.41. The SMILES string of the molecule is O=C1CCCCC[NH+]1[S-]. The van der Waals surface area contributed by atoms with Gasteiger partial charge in [0.05, 0.1) is 13.0 Å². The zero-order valence-electron chi connectivity index (χ0n) is 5.35. The first kappa shape index (κ1) is 7.09. The van der Waals surface area contributed by atoms with Gasteiger partial charge in [-0.15, -0.1) is 0 Å². The third-order valence-electron chi connectivity index (χ3n) is 1.62. The van der Waals surface area contributed by atoms with Gasteiger partial charge in [0.2, 0.25) is 0 Å². The minimum Gasteiger partial charge on any atom is -0.487 e. The molecule has 9 heavy (non-hydrogen) atoms. The molecule has 0 saturated carbocycles. The number of carbonyl (C=O) groups excluding carboxylic acids is 1. The van der Waals surface area contributed by atoms with Crippen molar-refractivity contribution in [2.24, 2.45) is 0 Å². The van der Waals surface area contributed by atoms with Gasteiger partial charge >= 0.3 is 0 Å². The normalized spacial score (nSPS) is 29.9. The number of nitrogens with one attached hydrogen (secondary N) is 1. The predicted octanol–water partition coefficient (Wildman–Crippen LogP) is -0.566. The molecule has 1 fully saturated rings. The first-order valence-electron chi connectivity index (χ1n) is 3.37. The highest BCUT2D eigenvalue weighted by molar-refractivity contribution is 7.51. The molecule has 0 spiro atoms.